The molecule has 1 aromatic carbocycles. The molecule has 1 amide bonds. The maximum atomic E-state index is 13.9. The van der Waals surface area contributed by atoms with Crippen molar-refractivity contribution in [2.24, 2.45) is 0 Å². The lowest BCUT2D eigenvalue weighted by molar-refractivity contribution is -0.173. The summed E-state index contributed by atoms with van der Waals surface area (Å²) in [5, 5.41) is 7.08. The summed E-state index contributed by atoms with van der Waals surface area (Å²) in [5.74, 6) is 0.723. The number of benzene rings is 1. The molecule has 10 heteroatoms. The van der Waals surface area contributed by atoms with Crippen LogP contribution in [0, 0.1) is 0 Å². The van der Waals surface area contributed by atoms with Crippen molar-refractivity contribution in [1.29, 1.82) is 0 Å². The minimum absolute atomic E-state index is 0.101. The topological polar surface area (TPSA) is 68.6 Å². The third-order valence-electron chi connectivity index (χ3n) is 5.92. The van der Waals surface area contributed by atoms with Gasteiger partial charge in [-0.1, -0.05) is 6.07 Å². The highest BCUT2D eigenvalue weighted by atomic mass is 19.4. The third kappa shape index (κ3) is 4.03. The molecule has 0 bridgehead atoms. The van der Waals surface area contributed by atoms with E-state index in [9.17, 15) is 18.0 Å². The van der Waals surface area contributed by atoms with Crippen LogP contribution < -0.4 is 14.8 Å². The van der Waals surface area contributed by atoms with Gasteiger partial charge in [0.2, 0.25) is 0 Å². The van der Waals surface area contributed by atoms with Crippen LogP contribution in [0.4, 0.5) is 19.0 Å². The molecule has 31 heavy (non-hydrogen) atoms. The molecule has 4 rings (SSSR count). The average Bonchev–Trinajstić information content (AvgIpc) is 3.21. The zero-order valence-electron chi connectivity index (χ0n) is 17.4. The first-order valence-corrected chi connectivity index (χ1v) is 10.3. The van der Waals surface area contributed by atoms with Crippen molar-refractivity contribution in [2.45, 2.75) is 43.9 Å². The lowest BCUT2D eigenvalue weighted by atomic mass is 9.96. The van der Waals surface area contributed by atoms with Gasteiger partial charge in [0, 0.05) is 19.5 Å². The van der Waals surface area contributed by atoms with Crippen molar-refractivity contribution in [1.82, 2.24) is 14.7 Å². The number of hydrogen-bond acceptors (Lipinski definition) is 5. The number of anilines is 1. The van der Waals surface area contributed by atoms with E-state index in [4.69, 9.17) is 9.47 Å². The fourth-order valence-corrected chi connectivity index (χ4v) is 4.27. The molecular weight excluding hydrogens is 413 g/mol. The number of halogens is 3. The third-order valence-corrected chi connectivity index (χ3v) is 5.92. The van der Waals surface area contributed by atoms with Gasteiger partial charge in [-0.3, -0.25) is 4.79 Å². The number of nitrogens with zero attached hydrogens (tertiary/aromatic N) is 3. The number of amides is 1. The van der Waals surface area contributed by atoms with Crippen LogP contribution in [0.15, 0.2) is 24.4 Å². The summed E-state index contributed by atoms with van der Waals surface area (Å²) in [4.78, 5) is 14.7. The summed E-state index contributed by atoms with van der Waals surface area (Å²) >= 11 is 0. The summed E-state index contributed by atoms with van der Waals surface area (Å²) in [6.07, 6.45) is -0.695. The summed E-state index contributed by atoms with van der Waals surface area (Å²) in [7, 11) is 2.96. The molecule has 3 heterocycles. The Labute approximate surface area is 178 Å². The Hall–Kier alpha value is -2.91. The number of alkyl halides is 3. The highest BCUT2D eigenvalue weighted by molar-refractivity contribution is 5.99. The van der Waals surface area contributed by atoms with E-state index in [-0.39, 0.29) is 23.7 Å². The number of rotatable bonds is 4. The van der Waals surface area contributed by atoms with Crippen LogP contribution in [0.2, 0.25) is 0 Å². The number of piperidine rings is 1. The minimum Gasteiger partial charge on any atom is -0.493 e. The molecule has 2 aromatic rings. The van der Waals surface area contributed by atoms with Crippen molar-refractivity contribution in [3.05, 3.63) is 35.5 Å². The first-order chi connectivity index (χ1) is 14.8. The summed E-state index contributed by atoms with van der Waals surface area (Å²) < 4.78 is 53.2. The quantitative estimate of drug-likeness (QED) is 0.776. The first kappa shape index (κ1) is 21.3. The Morgan fingerprint density at radius 2 is 1.84 bits per heavy atom. The molecule has 1 fully saturated rings. The number of fused-ring (bicyclic) bond motifs is 1. The van der Waals surface area contributed by atoms with E-state index < -0.39 is 18.3 Å². The van der Waals surface area contributed by atoms with E-state index in [1.165, 1.54) is 20.4 Å². The Bertz CT molecular complexity index is 954. The van der Waals surface area contributed by atoms with Crippen LogP contribution in [0.25, 0.3) is 0 Å². The van der Waals surface area contributed by atoms with Crippen LogP contribution in [0.3, 0.4) is 0 Å². The standard InChI is InChI=1S/C21H25F3N4O3/c1-30-16-7-6-13(10-17(16)31-2)15-11-18(21(22,23)24)28-19(26-15)14(12-25-28)20(29)27-8-4-3-5-9-27/h6-7,10,12,15,18,26H,3-5,8-9,11H2,1-2H3/t15-,18+/m1/s1. The molecule has 1 saturated heterocycles. The van der Waals surface area contributed by atoms with E-state index in [2.05, 4.69) is 10.4 Å². The largest absolute Gasteiger partial charge is 0.493 e. The van der Waals surface area contributed by atoms with Crippen LogP contribution in [-0.2, 0) is 0 Å². The predicted octanol–water partition coefficient (Wildman–Crippen LogP) is 4.19. The molecule has 0 radical (unpaired) electrons. The summed E-state index contributed by atoms with van der Waals surface area (Å²) in [6, 6.07) is 2.49. The number of aromatic nitrogens is 2. The second-order valence-corrected chi connectivity index (χ2v) is 7.81. The Morgan fingerprint density at radius 1 is 1.13 bits per heavy atom. The lowest BCUT2D eigenvalue weighted by Gasteiger charge is -2.34. The monoisotopic (exact) mass is 438 g/mol. The highest BCUT2D eigenvalue weighted by Gasteiger charge is 2.47. The van der Waals surface area contributed by atoms with E-state index in [1.54, 1.807) is 23.1 Å². The van der Waals surface area contributed by atoms with Crippen molar-refractivity contribution < 1.29 is 27.4 Å². The van der Waals surface area contributed by atoms with Crippen molar-refractivity contribution in [2.75, 3.05) is 32.6 Å². The first-order valence-electron chi connectivity index (χ1n) is 10.3. The second kappa shape index (κ2) is 8.32. The summed E-state index contributed by atoms with van der Waals surface area (Å²) in [6.45, 7) is 1.20. The lowest BCUT2D eigenvalue weighted by Crippen LogP contribution is -2.38. The smallest absolute Gasteiger partial charge is 0.410 e. The molecule has 168 valence electrons. The van der Waals surface area contributed by atoms with E-state index in [0.29, 0.717) is 30.2 Å². The molecule has 1 aromatic heterocycles. The number of carbonyl (C=O) groups is 1. The van der Waals surface area contributed by atoms with Crippen molar-refractivity contribution in [3.63, 3.8) is 0 Å². The van der Waals surface area contributed by atoms with Crippen LogP contribution in [0.1, 0.15) is 53.7 Å². The van der Waals surface area contributed by atoms with Crippen LogP contribution >= 0.6 is 0 Å². The maximum absolute atomic E-state index is 13.9. The fraction of sp³-hybridized carbons (Fsp3) is 0.524. The average molecular weight is 438 g/mol. The molecule has 0 saturated carbocycles. The van der Waals surface area contributed by atoms with Crippen molar-refractivity contribution in [3.8, 4) is 11.5 Å². The molecule has 2 aliphatic rings. The number of likely N-dealkylation sites (tertiary alicyclic amines) is 1. The van der Waals surface area contributed by atoms with Gasteiger partial charge in [-0.05, 0) is 37.0 Å². The van der Waals surface area contributed by atoms with Gasteiger partial charge < -0.3 is 19.7 Å². The number of nitrogens with one attached hydrogen (secondary N) is 1. The second-order valence-electron chi connectivity index (χ2n) is 7.81. The van der Waals surface area contributed by atoms with Crippen LogP contribution in [-0.4, -0.2) is 54.1 Å². The van der Waals surface area contributed by atoms with Gasteiger partial charge in [-0.25, -0.2) is 4.68 Å². The van der Waals surface area contributed by atoms with Gasteiger partial charge in [0.15, 0.2) is 17.5 Å². The number of carbonyl (C=O) groups excluding carboxylic acids is 1. The molecular formula is C21H25F3N4O3. The highest BCUT2D eigenvalue weighted by Crippen LogP contribution is 2.45. The van der Waals surface area contributed by atoms with Gasteiger partial charge in [0.05, 0.1) is 26.5 Å². The van der Waals surface area contributed by atoms with E-state index >= 15 is 0 Å². The Balaban J connectivity index is 1.71. The van der Waals surface area contributed by atoms with Gasteiger partial charge in [0.25, 0.3) is 5.91 Å². The fourth-order valence-electron chi connectivity index (χ4n) is 4.27. The molecule has 7 nitrogen and oxygen atoms in total. The normalized spacial score (nSPS) is 21.3. The predicted molar refractivity (Wildman–Crippen MR) is 108 cm³/mol. The molecule has 2 aliphatic heterocycles. The maximum Gasteiger partial charge on any atom is 0.410 e. The Kier molecular flexibility index (Phi) is 5.72. The number of methoxy groups -OCH3 is 2. The summed E-state index contributed by atoms with van der Waals surface area (Å²) in [5.41, 5.74) is 0.775. The van der Waals surface area contributed by atoms with E-state index in [0.717, 1.165) is 23.9 Å². The molecule has 0 spiro atoms. The van der Waals surface area contributed by atoms with Gasteiger partial charge in [0.1, 0.15) is 11.4 Å². The van der Waals surface area contributed by atoms with Gasteiger partial charge in [-0.15, -0.1) is 0 Å². The number of hydrogen-bond donors (Lipinski definition) is 1. The van der Waals surface area contributed by atoms with Gasteiger partial charge in [-0.2, -0.15) is 18.3 Å². The van der Waals surface area contributed by atoms with Gasteiger partial charge >= 0.3 is 6.18 Å². The minimum atomic E-state index is -4.51. The zero-order valence-corrected chi connectivity index (χ0v) is 17.4. The van der Waals surface area contributed by atoms with Crippen molar-refractivity contribution >= 4 is 11.7 Å². The molecule has 0 aliphatic carbocycles. The number of ether oxygens (including phenoxy) is 2. The molecule has 2 atom stereocenters. The SMILES string of the molecule is COc1ccc([C@H]2C[C@@H](C(F)(F)F)n3ncc(C(=O)N4CCCCC4)c3N2)cc1OC. The van der Waals surface area contributed by atoms with E-state index in [1.807, 2.05) is 0 Å². The molecule has 1 N–H and O–H groups in total. The van der Waals surface area contributed by atoms with Crippen LogP contribution in [0.5, 0.6) is 11.5 Å². The Morgan fingerprint density at radius 3 is 2.48 bits per heavy atom. The molecule has 0 unspecified atom stereocenters. The zero-order chi connectivity index (χ0) is 22.2.